The number of halogens is 1. The van der Waals surface area contributed by atoms with E-state index in [0.29, 0.717) is 21.2 Å². The van der Waals surface area contributed by atoms with Gasteiger partial charge in [0.15, 0.2) is 0 Å². The maximum absolute atomic E-state index is 12.4. The molecule has 1 saturated carbocycles. The van der Waals surface area contributed by atoms with Crippen LogP contribution >= 0.6 is 15.9 Å². The van der Waals surface area contributed by atoms with Gasteiger partial charge in [-0.15, -0.1) is 0 Å². The van der Waals surface area contributed by atoms with Crippen LogP contribution in [0.4, 0.5) is 0 Å². The van der Waals surface area contributed by atoms with E-state index >= 15 is 0 Å². The molecule has 0 heterocycles. The Labute approximate surface area is 124 Å². The van der Waals surface area contributed by atoms with Crippen molar-refractivity contribution in [3.05, 3.63) is 28.7 Å². The lowest BCUT2D eigenvalue weighted by Crippen LogP contribution is -2.43. The summed E-state index contributed by atoms with van der Waals surface area (Å²) < 4.78 is 28.3. The van der Waals surface area contributed by atoms with Crippen molar-refractivity contribution >= 4 is 26.0 Å². The number of benzene rings is 1. The maximum Gasteiger partial charge on any atom is 0.241 e. The highest BCUT2D eigenvalue weighted by molar-refractivity contribution is 9.10. The monoisotopic (exact) mass is 345 g/mol. The van der Waals surface area contributed by atoms with Gasteiger partial charge in [-0.3, -0.25) is 0 Å². The Bertz CT molecular complexity index is 544. The molecule has 1 aliphatic rings. The van der Waals surface area contributed by atoms with Crippen molar-refractivity contribution in [2.24, 2.45) is 11.8 Å². The van der Waals surface area contributed by atoms with Crippen LogP contribution in [0.3, 0.4) is 0 Å². The second kappa shape index (κ2) is 5.94. The maximum atomic E-state index is 12.4. The van der Waals surface area contributed by atoms with Crippen LogP contribution in [0.25, 0.3) is 0 Å². The first-order valence-corrected chi connectivity index (χ1v) is 8.96. The minimum atomic E-state index is -3.44. The molecule has 0 bridgehead atoms. The van der Waals surface area contributed by atoms with Gasteiger partial charge in [0.25, 0.3) is 0 Å². The highest BCUT2D eigenvalue weighted by Gasteiger charge is 2.31. The topological polar surface area (TPSA) is 46.2 Å². The van der Waals surface area contributed by atoms with Gasteiger partial charge in [-0.1, -0.05) is 38.8 Å². The number of nitrogens with one attached hydrogen (secondary N) is 1. The molecule has 19 heavy (non-hydrogen) atoms. The van der Waals surface area contributed by atoms with Gasteiger partial charge >= 0.3 is 0 Å². The van der Waals surface area contributed by atoms with Crippen molar-refractivity contribution in [1.82, 2.24) is 4.72 Å². The van der Waals surface area contributed by atoms with Crippen LogP contribution in [-0.2, 0) is 10.0 Å². The fourth-order valence-electron chi connectivity index (χ4n) is 2.67. The van der Waals surface area contributed by atoms with E-state index in [0.717, 1.165) is 12.8 Å². The first kappa shape index (κ1) is 15.0. The Morgan fingerprint density at radius 3 is 2.58 bits per heavy atom. The second-order valence-electron chi connectivity index (χ2n) is 5.43. The van der Waals surface area contributed by atoms with E-state index in [1.165, 1.54) is 6.42 Å². The van der Waals surface area contributed by atoms with Gasteiger partial charge < -0.3 is 0 Å². The molecule has 1 N–H and O–H groups in total. The molecule has 0 unspecified atom stereocenters. The van der Waals surface area contributed by atoms with Gasteiger partial charge in [0.1, 0.15) is 0 Å². The smallest absolute Gasteiger partial charge is 0.208 e. The zero-order chi connectivity index (χ0) is 14.0. The van der Waals surface area contributed by atoms with Crippen LogP contribution in [-0.4, -0.2) is 14.5 Å². The van der Waals surface area contributed by atoms with Crippen molar-refractivity contribution in [1.29, 1.82) is 0 Å². The van der Waals surface area contributed by atoms with E-state index in [9.17, 15) is 8.42 Å². The first-order valence-electron chi connectivity index (χ1n) is 6.68. The Morgan fingerprint density at radius 1 is 1.21 bits per heavy atom. The van der Waals surface area contributed by atoms with Gasteiger partial charge in [-0.25, -0.2) is 13.1 Å². The number of hydrogen-bond donors (Lipinski definition) is 1. The van der Waals surface area contributed by atoms with Crippen LogP contribution in [0.5, 0.6) is 0 Å². The summed E-state index contributed by atoms with van der Waals surface area (Å²) in [6.07, 6.45) is 3.21. The molecule has 106 valence electrons. The molecule has 3 nitrogen and oxygen atoms in total. The molecule has 5 heteroatoms. The Kier molecular flexibility index (Phi) is 4.69. The summed E-state index contributed by atoms with van der Waals surface area (Å²) in [4.78, 5) is 0.320. The molecular weight excluding hydrogens is 326 g/mol. The normalized spacial score (nSPS) is 28.3. The van der Waals surface area contributed by atoms with E-state index in [1.54, 1.807) is 18.2 Å². The minimum absolute atomic E-state index is 0.0425. The third-order valence-electron chi connectivity index (χ3n) is 4.14. The molecule has 0 aliphatic heterocycles. The average Bonchev–Trinajstić information content (AvgIpc) is 2.35. The summed E-state index contributed by atoms with van der Waals surface area (Å²) in [6, 6.07) is 6.98. The predicted octanol–water partition coefficient (Wildman–Crippen LogP) is 3.55. The first-order chi connectivity index (χ1) is 8.92. The predicted molar refractivity (Wildman–Crippen MR) is 80.4 cm³/mol. The standard InChI is InChI=1S/C14H20BrNO2S/c1-10-6-5-8-13(11(10)2)16-19(17,18)14-9-4-3-7-12(14)15/h3-4,7,9-11,13,16H,5-6,8H2,1-2H3/t10-,11-,13-/m1/s1. The molecule has 1 aromatic carbocycles. The molecule has 0 radical (unpaired) electrons. The van der Waals surface area contributed by atoms with Gasteiger partial charge in [-0.05, 0) is 46.3 Å². The lowest BCUT2D eigenvalue weighted by Gasteiger charge is -2.34. The molecule has 0 spiro atoms. The second-order valence-corrected chi connectivity index (χ2v) is 7.96. The molecular formula is C14H20BrNO2S. The van der Waals surface area contributed by atoms with E-state index in [4.69, 9.17) is 0 Å². The van der Waals surface area contributed by atoms with Crippen LogP contribution in [0.2, 0.25) is 0 Å². The molecule has 3 atom stereocenters. The highest BCUT2D eigenvalue weighted by atomic mass is 79.9. The molecule has 2 rings (SSSR count). The quantitative estimate of drug-likeness (QED) is 0.910. The number of sulfonamides is 1. The Balaban J connectivity index is 2.20. The largest absolute Gasteiger partial charge is 0.241 e. The van der Waals surface area contributed by atoms with Crippen LogP contribution in [0.15, 0.2) is 33.6 Å². The summed E-state index contributed by atoms with van der Waals surface area (Å²) in [5, 5.41) is 0. The van der Waals surface area contributed by atoms with Crippen molar-refractivity contribution < 1.29 is 8.42 Å². The van der Waals surface area contributed by atoms with Gasteiger partial charge in [0.05, 0.1) is 4.90 Å². The molecule has 1 aromatic rings. The summed E-state index contributed by atoms with van der Waals surface area (Å²) in [5.74, 6) is 0.951. The zero-order valence-electron chi connectivity index (χ0n) is 11.3. The summed E-state index contributed by atoms with van der Waals surface area (Å²) in [7, 11) is -3.44. The minimum Gasteiger partial charge on any atom is -0.208 e. The third-order valence-corrected chi connectivity index (χ3v) is 6.64. The number of rotatable bonds is 3. The highest BCUT2D eigenvalue weighted by Crippen LogP contribution is 2.31. The lowest BCUT2D eigenvalue weighted by molar-refractivity contribution is 0.227. The van der Waals surface area contributed by atoms with Crippen LogP contribution in [0.1, 0.15) is 33.1 Å². The lowest BCUT2D eigenvalue weighted by atomic mass is 9.78. The zero-order valence-corrected chi connectivity index (χ0v) is 13.7. The van der Waals surface area contributed by atoms with E-state index in [1.807, 2.05) is 6.07 Å². The van der Waals surface area contributed by atoms with Gasteiger partial charge in [0.2, 0.25) is 10.0 Å². The van der Waals surface area contributed by atoms with Crippen molar-refractivity contribution in [2.45, 2.75) is 44.0 Å². The SMILES string of the molecule is C[C@@H]1[C@H](C)CCC[C@H]1NS(=O)(=O)c1ccccc1Br. The van der Waals surface area contributed by atoms with Gasteiger partial charge in [0, 0.05) is 10.5 Å². The van der Waals surface area contributed by atoms with Crippen molar-refractivity contribution in [3.8, 4) is 0 Å². The molecule has 1 aliphatic carbocycles. The summed E-state index contributed by atoms with van der Waals surface area (Å²) in [5.41, 5.74) is 0. The van der Waals surface area contributed by atoms with Crippen molar-refractivity contribution in [2.75, 3.05) is 0 Å². The van der Waals surface area contributed by atoms with E-state index in [2.05, 4.69) is 34.5 Å². The van der Waals surface area contributed by atoms with E-state index < -0.39 is 10.0 Å². The summed E-state index contributed by atoms with van der Waals surface area (Å²) >= 11 is 3.30. The van der Waals surface area contributed by atoms with Crippen molar-refractivity contribution in [3.63, 3.8) is 0 Å². The van der Waals surface area contributed by atoms with Gasteiger partial charge in [-0.2, -0.15) is 0 Å². The fraction of sp³-hybridized carbons (Fsp3) is 0.571. The third kappa shape index (κ3) is 3.38. The molecule has 1 fully saturated rings. The van der Waals surface area contributed by atoms with Crippen LogP contribution < -0.4 is 4.72 Å². The van der Waals surface area contributed by atoms with Crippen LogP contribution in [0, 0.1) is 11.8 Å². The average molecular weight is 346 g/mol. The molecule has 0 saturated heterocycles. The Morgan fingerprint density at radius 2 is 1.89 bits per heavy atom. The molecule has 0 amide bonds. The summed E-state index contributed by atoms with van der Waals surface area (Å²) in [6.45, 7) is 4.33. The fourth-order valence-corrected chi connectivity index (χ4v) is 5.04. The molecule has 0 aromatic heterocycles. The Hall–Kier alpha value is -0.390. The van der Waals surface area contributed by atoms with E-state index in [-0.39, 0.29) is 6.04 Å². The number of hydrogen-bond acceptors (Lipinski definition) is 2.